The van der Waals surface area contributed by atoms with Gasteiger partial charge in [-0.2, -0.15) is 0 Å². The van der Waals surface area contributed by atoms with E-state index in [2.05, 4.69) is 90.6 Å². The van der Waals surface area contributed by atoms with E-state index in [0.717, 1.165) is 42.2 Å². The van der Waals surface area contributed by atoms with E-state index in [1.807, 2.05) is 23.4 Å². The summed E-state index contributed by atoms with van der Waals surface area (Å²) >= 11 is 0. The minimum atomic E-state index is -0.745. The SMILES string of the molecule is CC(C)CC(=O)N1CCCC1c1ncc(-c2ccc3c(c2)C(C)(C)c2cc(-c4ccc[nH]4)ccc2-3)[nH]1.COC(N)=O. The fourth-order valence-electron chi connectivity index (χ4n) is 6.05. The number of carbonyl (C=O) groups is 2. The number of amides is 2. The highest BCUT2D eigenvalue weighted by atomic mass is 16.5. The number of rotatable bonds is 5. The average Bonchev–Trinajstić information content (AvgIpc) is 3.75. The molecular weight excluding hydrogens is 514 g/mol. The molecule has 6 rings (SSSR count). The van der Waals surface area contributed by atoms with Crippen molar-refractivity contribution in [2.45, 2.75) is 58.4 Å². The summed E-state index contributed by atoms with van der Waals surface area (Å²) in [6.45, 7) is 9.65. The molecule has 2 aromatic carbocycles. The highest BCUT2D eigenvalue weighted by molar-refractivity contribution is 5.85. The van der Waals surface area contributed by atoms with Crippen LogP contribution in [0.1, 0.15) is 70.0 Å². The molecule has 0 spiro atoms. The number of benzene rings is 2. The number of primary amides is 1. The summed E-state index contributed by atoms with van der Waals surface area (Å²) in [6, 6.07) is 17.8. The van der Waals surface area contributed by atoms with Crippen molar-refractivity contribution in [2.24, 2.45) is 11.7 Å². The normalized spacial score (nSPS) is 16.6. The van der Waals surface area contributed by atoms with E-state index < -0.39 is 6.09 Å². The Kier molecular flexibility index (Phi) is 7.76. The van der Waals surface area contributed by atoms with Gasteiger partial charge in [-0.15, -0.1) is 0 Å². The smallest absolute Gasteiger partial charge is 0.404 e. The number of ether oxygens (including phenoxy) is 1. The van der Waals surface area contributed by atoms with Gasteiger partial charge in [-0.05, 0) is 76.4 Å². The molecular formula is C33H39N5O3. The molecule has 1 atom stereocenters. The zero-order valence-electron chi connectivity index (χ0n) is 24.5. The first kappa shape index (κ1) is 28.2. The lowest BCUT2D eigenvalue weighted by Gasteiger charge is -2.24. The molecule has 4 N–H and O–H groups in total. The maximum Gasteiger partial charge on any atom is 0.404 e. The summed E-state index contributed by atoms with van der Waals surface area (Å²) < 4.78 is 3.89. The number of aromatic amines is 2. The van der Waals surface area contributed by atoms with Crippen LogP contribution in [0.4, 0.5) is 4.79 Å². The fourth-order valence-corrected chi connectivity index (χ4v) is 6.05. The van der Waals surface area contributed by atoms with Crippen LogP contribution in [0.3, 0.4) is 0 Å². The maximum absolute atomic E-state index is 12.8. The van der Waals surface area contributed by atoms with Crippen LogP contribution in [0.25, 0.3) is 33.6 Å². The van der Waals surface area contributed by atoms with Gasteiger partial charge in [0.25, 0.3) is 0 Å². The highest BCUT2D eigenvalue weighted by Crippen LogP contribution is 2.50. The van der Waals surface area contributed by atoms with Gasteiger partial charge in [-0.1, -0.05) is 52.0 Å². The van der Waals surface area contributed by atoms with Crippen LogP contribution in [0.2, 0.25) is 0 Å². The Balaban J connectivity index is 0.000000623. The van der Waals surface area contributed by atoms with E-state index >= 15 is 0 Å². The molecule has 1 aliphatic carbocycles. The molecule has 1 aliphatic heterocycles. The first-order valence-electron chi connectivity index (χ1n) is 14.2. The molecule has 1 unspecified atom stereocenters. The molecule has 41 heavy (non-hydrogen) atoms. The Morgan fingerprint density at radius 3 is 2.27 bits per heavy atom. The van der Waals surface area contributed by atoms with E-state index in [9.17, 15) is 9.59 Å². The number of nitrogens with zero attached hydrogens (tertiary/aromatic N) is 2. The third kappa shape index (κ3) is 5.51. The molecule has 2 aliphatic rings. The van der Waals surface area contributed by atoms with Gasteiger partial charge in [0.15, 0.2) is 0 Å². The lowest BCUT2D eigenvalue weighted by Crippen LogP contribution is -2.31. The molecule has 0 radical (unpaired) electrons. The summed E-state index contributed by atoms with van der Waals surface area (Å²) in [5.74, 6) is 1.50. The predicted octanol–water partition coefficient (Wildman–Crippen LogP) is 6.80. The Bertz CT molecular complexity index is 1550. The third-order valence-corrected chi connectivity index (χ3v) is 8.16. The van der Waals surface area contributed by atoms with Gasteiger partial charge in [0, 0.05) is 30.3 Å². The minimum Gasteiger partial charge on any atom is -0.453 e. The van der Waals surface area contributed by atoms with Crippen molar-refractivity contribution in [3.05, 3.63) is 77.9 Å². The summed E-state index contributed by atoms with van der Waals surface area (Å²) in [5.41, 5.74) is 14.1. The van der Waals surface area contributed by atoms with Crippen LogP contribution in [0.15, 0.2) is 60.9 Å². The number of aromatic nitrogens is 3. The number of imidazole rings is 1. The minimum absolute atomic E-state index is 0.0477. The van der Waals surface area contributed by atoms with E-state index in [0.29, 0.717) is 12.3 Å². The lowest BCUT2D eigenvalue weighted by molar-refractivity contribution is -0.133. The Morgan fingerprint density at radius 2 is 1.71 bits per heavy atom. The first-order valence-corrected chi connectivity index (χ1v) is 14.2. The Hall–Kier alpha value is -4.33. The molecule has 1 saturated heterocycles. The molecule has 1 fully saturated rings. The van der Waals surface area contributed by atoms with Gasteiger partial charge in [0.2, 0.25) is 5.91 Å². The second-order valence-corrected chi connectivity index (χ2v) is 11.8. The van der Waals surface area contributed by atoms with E-state index in [4.69, 9.17) is 4.98 Å². The number of hydrogen-bond acceptors (Lipinski definition) is 4. The number of fused-ring (bicyclic) bond motifs is 3. The molecule has 0 saturated carbocycles. The predicted molar refractivity (Wildman–Crippen MR) is 161 cm³/mol. The van der Waals surface area contributed by atoms with Crippen LogP contribution < -0.4 is 5.73 Å². The second-order valence-electron chi connectivity index (χ2n) is 11.8. The number of likely N-dealkylation sites (tertiary alicyclic amines) is 1. The summed E-state index contributed by atoms with van der Waals surface area (Å²) in [4.78, 5) is 35.8. The topological polar surface area (TPSA) is 117 Å². The third-order valence-electron chi connectivity index (χ3n) is 8.16. The average molecular weight is 554 g/mol. The van der Waals surface area contributed by atoms with Gasteiger partial charge in [-0.25, -0.2) is 9.78 Å². The molecule has 2 aromatic heterocycles. The van der Waals surface area contributed by atoms with Crippen molar-refractivity contribution < 1.29 is 14.3 Å². The van der Waals surface area contributed by atoms with Crippen LogP contribution in [0, 0.1) is 5.92 Å². The van der Waals surface area contributed by atoms with Crippen LogP contribution in [-0.2, 0) is 14.9 Å². The van der Waals surface area contributed by atoms with Crippen molar-refractivity contribution >= 4 is 12.0 Å². The molecule has 8 nitrogen and oxygen atoms in total. The van der Waals surface area contributed by atoms with Crippen LogP contribution in [0.5, 0.6) is 0 Å². The lowest BCUT2D eigenvalue weighted by atomic mass is 9.81. The number of nitrogens with two attached hydrogens (primary N) is 1. The molecule has 3 heterocycles. The summed E-state index contributed by atoms with van der Waals surface area (Å²) in [6.07, 6.45) is 5.74. The molecule has 2 amide bonds. The molecule has 4 aromatic rings. The van der Waals surface area contributed by atoms with Crippen molar-refractivity contribution in [3.63, 3.8) is 0 Å². The number of carbonyl (C=O) groups excluding carboxylic acids is 2. The fraction of sp³-hybridized carbons (Fsp3) is 0.364. The first-order chi connectivity index (χ1) is 19.6. The maximum atomic E-state index is 12.8. The van der Waals surface area contributed by atoms with Crippen molar-refractivity contribution in [3.8, 4) is 33.6 Å². The Morgan fingerprint density at radius 1 is 1.07 bits per heavy atom. The molecule has 0 bridgehead atoms. The number of nitrogens with one attached hydrogen (secondary N) is 2. The number of hydrogen-bond donors (Lipinski definition) is 3. The number of methoxy groups -OCH3 is 1. The van der Waals surface area contributed by atoms with Crippen molar-refractivity contribution in [1.29, 1.82) is 0 Å². The van der Waals surface area contributed by atoms with E-state index in [1.54, 1.807) is 0 Å². The quantitative estimate of drug-likeness (QED) is 0.252. The van der Waals surface area contributed by atoms with Crippen LogP contribution in [-0.4, -0.2) is 45.5 Å². The number of H-pyrrole nitrogens is 2. The van der Waals surface area contributed by atoms with Crippen molar-refractivity contribution in [2.75, 3.05) is 13.7 Å². The highest BCUT2D eigenvalue weighted by Gasteiger charge is 2.36. The summed E-state index contributed by atoms with van der Waals surface area (Å²) in [7, 11) is 1.22. The van der Waals surface area contributed by atoms with Gasteiger partial charge in [0.1, 0.15) is 5.82 Å². The summed E-state index contributed by atoms with van der Waals surface area (Å²) in [5, 5.41) is 0. The monoisotopic (exact) mass is 553 g/mol. The van der Waals surface area contributed by atoms with E-state index in [1.165, 1.54) is 34.9 Å². The standard InChI is InChI=1S/C31H34N4O.C2H5NO2/c1-19(2)15-29(36)35-14-6-8-28(35)30-33-18-27(34-30)21-10-12-23-22-11-9-20(26-7-5-13-32-26)16-24(22)31(3,4)25(23)17-21;1-5-2(3)4/h5,7,9-13,16-19,28,32H,6,8,14-15H2,1-4H3,(H,33,34);1H3,(H2,3,4). The molecule has 214 valence electrons. The second kappa shape index (κ2) is 11.3. The zero-order chi connectivity index (χ0) is 29.3. The van der Waals surface area contributed by atoms with E-state index in [-0.39, 0.29) is 17.4 Å². The van der Waals surface area contributed by atoms with Crippen LogP contribution >= 0.6 is 0 Å². The zero-order valence-corrected chi connectivity index (χ0v) is 24.5. The largest absolute Gasteiger partial charge is 0.453 e. The van der Waals surface area contributed by atoms with Crippen molar-refractivity contribution in [1.82, 2.24) is 19.9 Å². The van der Waals surface area contributed by atoms with Gasteiger partial charge in [0.05, 0.1) is 25.0 Å². The van der Waals surface area contributed by atoms with Gasteiger partial charge >= 0.3 is 6.09 Å². The van der Waals surface area contributed by atoms with Gasteiger partial charge < -0.3 is 25.3 Å². The van der Waals surface area contributed by atoms with Gasteiger partial charge in [-0.3, -0.25) is 4.79 Å². The Labute approximate surface area is 241 Å². The molecule has 8 heteroatoms.